The summed E-state index contributed by atoms with van der Waals surface area (Å²) in [5.74, 6) is 0.611. The number of thiocarbonyl (C=S) groups is 1. The van der Waals surface area contributed by atoms with Gasteiger partial charge in [0.05, 0.1) is 16.3 Å². The molecule has 162 valence electrons. The molecule has 1 aromatic heterocycles. The highest BCUT2D eigenvalue weighted by Crippen LogP contribution is 2.37. The topological polar surface area (TPSA) is 56.5 Å². The van der Waals surface area contributed by atoms with Crippen molar-refractivity contribution in [2.45, 2.75) is 26.4 Å². The van der Waals surface area contributed by atoms with Crippen LogP contribution in [0.2, 0.25) is 0 Å². The minimum Gasteiger partial charge on any atom is -0.490 e. The molecule has 0 saturated carbocycles. The third-order valence-electron chi connectivity index (χ3n) is 5.76. The quantitative estimate of drug-likeness (QED) is 0.430. The molecule has 8 heteroatoms. The lowest BCUT2D eigenvalue weighted by Gasteiger charge is -2.12. The number of hydrogen-bond acceptors (Lipinski definition) is 5. The fourth-order valence-corrected chi connectivity index (χ4v) is 5.43. The highest BCUT2D eigenvalue weighted by atomic mass is 32.2. The largest absolute Gasteiger partial charge is 0.490 e. The number of fused-ring (bicyclic) bond motifs is 1. The van der Waals surface area contributed by atoms with Crippen LogP contribution in [0.4, 0.5) is 5.69 Å². The first-order valence-electron chi connectivity index (χ1n) is 10.3. The second kappa shape index (κ2) is 7.79. The van der Waals surface area contributed by atoms with Crippen LogP contribution in [0.3, 0.4) is 0 Å². The highest BCUT2D eigenvalue weighted by Gasteiger charge is 2.37. The van der Waals surface area contributed by atoms with Crippen molar-refractivity contribution in [2.75, 3.05) is 4.90 Å². The first kappa shape index (κ1) is 20.8. The Kier molecular flexibility index (Phi) is 5.06. The molecule has 0 aliphatic carbocycles. The van der Waals surface area contributed by atoms with E-state index in [-0.39, 0.29) is 17.6 Å². The van der Waals surface area contributed by atoms with Gasteiger partial charge in [-0.25, -0.2) is 4.68 Å². The van der Waals surface area contributed by atoms with Crippen LogP contribution < -0.4 is 15.2 Å². The standard InChI is InChI=1S/C24H21N3O3S2/c1-14-11-17-12-16(9-10-19(17)30-14)13-20-22(28)26(24(31)32-20)21-15(2)25(3)27(23(21)29)18-7-5-4-6-8-18/h4-10,12-14H,11H2,1-3H3/b20-13-. The second-order valence-corrected chi connectivity index (χ2v) is 9.60. The first-order chi connectivity index (χ1) is 15.3. The molecule has 1 amide bonds. The summed E-state index contributed by atoms with van der Waals surface area (Å²) < 4.78 is 9.41. The fraction of sp³-hybridized carbons (Fsp3) is 0.208. The average Bonchev–Trinajstić information content (AvgIpc) is 3.34. The summed E-state index contributed by atoms with van der Waals surface area (Å²) in [6, 6.07) is 15.2. The number of para-hydroxylation sites is 1. The van der Waals surface area contributed by atoms with Crippen molar-refractivity contribution in [3.05, 3.63) is 80.6 Å². The van der Waals surface area contributed by atoms with Gasteiger partial charge in [0.15, 0.2) is 4.32 Å². The van der Waals surface area contributed by atoms with E-state index in [1.807, 2.05) is 68.5 Å². The van der Waals surface area contributed by atoms with E-state index >= 15 is 0 Å². The van der Waals surface area contributed by atoms with E-state index in [9.17, 15) is 9.59 Å². The van der Waals surface area contributed by atoms with Gasteiger partial charge in [-0.05, 0) is 55.3 Å². The molecule has 2 aliphatic rings. The van der Waals surface area contributed by atoms with Gasteiger partial charge in [0.1, 0.15) is 17.5 Å². The Morgan fingerprint density at radius 3 is 2.66 bits per heavy atom. The molecular formula is C24H21N3O3S2. The van der Waals surface area contributed by atoms with E-state index in [0.717, 1.165) is 29.0 Å². The van der Waals surface area contributed by atoms with Crippen molar-refractivity contribution in [3.8, 4) is 11.4 Å². The number of thioether (sulfide) groups is 1. The Morgan fingerprint density at radius 1 is 1.16 bits per heavy atom. The first-order valence-corrected chi connectivity index (χ1v) is 11.5. The zero-order valence-corrected chi connectivity index (χ0v) is 19.5. The summed E-state index contributed by atoms with van der Waals surface area (Å²) >= 11 is 6.74. The normalized spacial score (nSPS) is 19.0. The molecule has 1 fully saturated rings. The summed E-state index contributed by atoms with van der Waals surface area (Å²) in [7, 11) is 1.80. The Bertz CT molecular complexity index is 1350. The number of benzene rings is 2. The molecule has 0 spiro atoms. The summed E-state index contributed by atoms with van der Waals surface area (Å²) in [6.07, 6.45) is 2.84. The maximum Gasteiger partial charge on any atom is 0.296 e. The van der Waals surface area contributed by atoms with Crippen molar-refractivity contribution < 1.29 is 9.53 Å². The summed E-state index contributed by atoms with van der Waals surface area (Å²) in [5.41, 5.74) is 3.45. The number of anilines is 1. The van der Waals surface area contributed by atoms with Gasteiger partial charge in [-0.15, -0.1) is 0 Å². The fourth-order valence-electron chi connectivity index (χ4n) is 4.16. The van der Waals surface area contributed by atoms with Crippen LogP contribution in [0.25, 0.3) is 11.8 Å². The molecule has 0 bridgehead atoms. The molecule has 2 aliphatic heterocycles. The number of hydrogen-bond donors (Lipinski definition) is 0. The van der Waals surface area contributed by atoms with Crippen molar-refractivity contribution in [1.82, 2.24) is 9.36 Å². The number of ether oxygens (including phenoxy) is 1. The highest BCUT2D eigenvalue weighted by molar-refractivity contribution is 8.27. The SMILES string of the molecule is Cc1c(N2C(=O)/C(=C/c3ccc4c(c3)CC(C)O4)SC2=S)c(=O)n(-c2ccccc2)n1C. The zero-order chi connectivity index (χ0) is 22.6. The Labute approximate surface area is 195 Å². The Balaban J connectivity index is 1.53. The predicted molar refractivity (Wildman–Crippen MR) is 132 cm³/mol. The van der Waals surface area contributed by atoms with Gasteiger partial charge in [-0.3, -0.25) is 19.2 Å². The summed E-state index contributed by atoms with van der Waals surface area (Å²) in [5, 5.41) is 0. The minimum atomic E-state index is -0.281. The third kappa shape index (κ3) is 3.30. The smallest absolute Gasteiger partial charge is 0.296 e. The Morgan fingerprint density at radius 2 is 1.91 bits per heavy atom. The second-order valence-electron chi connectivity index (χ2n) is 7.93. The summed E-state index contributed by atoms with van der Waals surface area (Å²) in [6.45, 7) is 3.86. The molecule has 1 saturated heterocycles. The molecule has 2 aromatic carbocycles. The minimum absolute atomic E-state index is 0.159. The van der Waals surface area contributed by atoms with Crippen LogP contribution in [0, 0.1) is 6.92 Å². The van der Waals surface area contributed by atoms with Crippen LogP contribution in [0.1, 0.15) is 23.7 Å². The van der Waals surface area contributed by atoms with Gasteiger partial charge in [-0.1, -0.05) is 48.2 Å². The molecule has 32 heavy (non-hydrogen) atoms. The number of carbonyl (C=O) groups is 1. The van der Waals surface area contributed by atoms with Gasteiger partial charge in [0.25, 0.3) is 11.5 Å². The third-order valence-corrected chi connectivity index (χ3v) is 7.06. The van der Waals surface area contributed by atoms with Crippen molar-refractivity contribution in [3.63, 3.8) is 0 Å². The maximum absolute atomic E-state index is 13.4. The van der Waals surface area contributed by atoms with Crippen molar-refractivity contribution in [2.24, 2.45) is 7.05 Å². The van der Waals surface area contributed by atoms with E-state index in [2.05, 4.69) is 0 Å². The molecule has 3 heterocycles. The molecule has 3 aromatic rings. The van der Waals surface area contributed by atoms with Crippen molar-refractivity contribution >= 4 is 46.0 Å². The van der Waals surface area contributed by atoms with Gasteiger partial charge < -0.3 is 4.74 Å². The van der Waals surface area contributed by atoms with Gasteiger partial charge in [-0.2, -0.15) is 0 Å². The lowest BCUT2D eigenvalue weighted by molar-refractivity contribution is -0.113. The van der Waals surface area contributed by atoms with E-state index in [1.54, 1.807) is 16.4 Å². The zero-order valence-electron chi connectivity index (χ0n) is 17.9. The number of nitrogens with zero attached hydrogens (tertiary/aromatic N) is 3. The molecule has 6 nitrogen and oxygen atoms in total. The lowest BCUT2D eigenvalue weighted by atomic mass is 10.1. The average molecular weight is 464 g/mol. The number of aromatic nitrogens is 2. The molecular weight excluding hydrogens is 442 g/mol. The summed E-state index contributed by atoms with van der Waals surface area (Å²) in [4.78, 5) is 28.6. The van der Waals surface area contributed by atoms with Crippen LogP contribution in [0.15, 0.2) is 58.2 Å². The molecule has 5 rings (SSSR count). The van der Waals surface area contributed by atoms with E-state index in [1.165, 1.54) is 16.7 Å². The predicted octanol–water partition coefficient (Wildman–Crippen LogP) is 4.21. The van der Waals surface area contributed by atoms with E-state index in [0.29, 0.717) is 20.6 Å². The number of amides is 1. The lowest BCUT2D eigenvalue weighted by Crippen LogP contribution is -2.33. The van der Waals surface area contributed by atoms with Crippen LogP contribution in [0.5, 0.6) is 5.75 Å². The van der Waals surface area contributed by atoms with Gasteiger partial charge in [0, 0.05) is 13.5 Å². The van der Waals surface area contributed by atoms with Crippen LogP contribution in [-0.2, 0) is 18.3 Å². The number of rotatable bonds is 3. The molecule has 1 atom stereocenters. The van der Waals surface area contributed by atoms with Gasteiger partial charge >= 0.3 is 0 Å². The molecule has 1 unspecified atom stereocenters. The van der Waals surface area contributed by atoms with Crippen LogP contribution >= 0.6 is 24.0 Å². The monoisotopic (exact) mass is 463 g/mol. The van der Waals surface area contributed by atoms with Gasteiger partial charge in [0.2, 0.25) is 0 Å². The van der Waals surface area contributed by atoms with Crippen molar-refractivity contribution in [1.29, 1.82) is 0 Å². The van der Waals surface area contributed by atoms with Crippen LogP contribution in [-0.4, -0.2) is 25.7 Å². The van der Waals surface area contributed by atoms with E-state index in [4.69, 9.17) is 17.0 Å². The Hall–Kier alpha value is -3.10. The van der Waals surface area contributed by atoms with E-state index < -0.39 is 0 Å². The maximum atomic E-state index is 13.4. The number of carbonyl (C=O) groups excluding carboxylic acids is 1. The molecule has 0 N–H and O–H groups in total. The molecule has 0 radical (unpaired) electrons.